The van der Waals surface area contributed by atoms with E-state index in [0.29, 0.717) is 83.4 Å². The van der Waals surface area contributed by atoms with E-state index in [9.17, 15) is 5.11 Å². The number of nitrogens with zero attached hydrogens (tertiary/aromatic N) is 4. The number of phenols is 1. The summed E-state index contributed by atoms with van der Waals surface area (Å²) in [5.41, 5.74) is 4.47. The summed E-state index contributed by atoms with van der Waals surface area (Å²) in [5.74, 6) is 1.94. The van der Waals surface area contributed by atoms with Crippen molar-refractivity contribution in [3.63, 3.8) is 0 Å². The summed E-state index contributed by atoms with van der Waals surface area (Å²) in [4.78, 5) is 8.80. The Balaban J connectivity index is 1.67. The Bertz CT molecular complexity index is 1330. The van der Waals surface area contributed by atoms with Crippen LogP contribution in [0, 0.1) is 0 Å². The maximum Gasteiger partial charge on any atom is 0.140 e. The summed E-state index contributed by atoms with van der Waals surface area (Å²) in [5, 5.41) is 13.1. The maximum atomic E-state index is 11.2. The van der Waals surface area contributed by atoms with E-state index < -0.39 is 0 Å². The van der Waals surface area contributed by atoms with Crippen LogP contribution in [0.3, 0.4) is 0 Å². The fraction of sp³-hybridized carbons (Fsp3) is 0.438. The molecule has 13 heteroatoms. The van der Waals surface area contributed by atoms with Crippen molar-refractivity contribution in [1.82, 2.24) is 9.80 Å². The van der Waals surface area contributed by atoms with Gasteiger partial charge < -0.3 is 14.9 Å². The summed E-state index contributed by atoms with van der Waals surface area (Å²) in [6.45, 7) is 5.29. The van der Waals surface area contributed by atoms with Gasteiger partial charge in [-0.25, -0.2) is 0 Å². The zero-order valence-corrected chi connectivity index (χ0v) is 30.7. The average Bonchev–Trinajstić information content (AvgIpc) is 3.01. The zero-order chi connectivity index (χ0) is 32.5. The van der Waals surface area contributed by atoms with Gasteiger partial charge in [0.2, 0.25) is 0 Å². The Morgan fingerprint density at radius 2 is 1.07 bits per heavy atom. The molecule has 1 N–H and O–H groups in total. The predicted octanol–water partition coefficient (Wildman–Crippen LogP) is 9.98. The molecule has 3 aromatic rings. The number of rotatable bonds is 15. The lowest BCUT2D eigenvalue weighted by molar-refractivity contribution is -0.0103. The molecule has 0 spiro atoms. The molecule has 1 fully saturated rings. The molecule has 0 saturated carbocycles. The lowest BCUT2D eigenvalue weighted by Gasteiger charge is -2.45. The molecule has 1 saturated heterocycles. The molecule has 0 aliphatic carbocycles. The Morgan fingerprint density at radius 1 is 0.622 bits per heavy atom. The summed E-state index contributed by atoms with van der Waals surface area (Å²) >= 11 is 50.8. The number of halogens is 8. The summed E-state index contributed by atoms with van der Waals surface area (Å²) < 4.78 is 0. The second-order valence-electron chi connectivity index (χ2n) is 10.8. The van der Waals surface area contributed by atoms with E-state index in [-0.39, 0.29) is 16.9 Å². The molecule has 0 amide bonds. The maximum absolute atomic E-state index is 11.2. The van der Waals surface area contributed by atoms with E-state index in [4.69, 9.17) is 92.8 Å². The topological polar surface area (TPSA) is 33.2 Å². The smallest absolute Gasteiger partial charge is 0.140 e. The Kier molecular flexibility index (Phi) is 15.0. The van der Waals surface area contributed by atoms with Crippen LogP contribution >= 0.6 is 92.8 Å². The Hall–Kier alpha value is -0.700. The highest BCUT2D eigenvalue weighted by Crippen LogP contribution is 2.42. The quantitative estimate of drug-likeness (QED) is 0.156. The van der Waals surface area contributed by atoms with Gasteiger partial charge in [0.05, 0.1) is 11.2 Å². The monoisotopic (exact) mass is 772 g/mol. The SMILES string of the molecule is Oc1c(Cl)cc(Cl)cc1C1N(Cc2ccc(N(CCCl)CCCl)cc2Cl)CCCN1Cc1ccc(N(CCCl)CCCl)cc1Cl. The number of aromatic hydroxyl groups is 1. The van der Waals surface area contributed by atoms with Gasteiger partial charge in [-0.15, -0.1) is 46.4 Å². The number of hydrogen-bond donors (Lipinski definition) is 1. The van der Waals surface area contributed by atoms with Gasteiger partial charge in [0, 0.05) is 108 Å². The second-order valence-corrected chi connectivity index (χ2v) is 13.9. The van der Waals surface area contributed by atoms with Crippen LogP contribution in [0.2, 0.25) is 20.1 Å². The van der Waals surface area contributed by atoms with E-state index in [0.717, 1.165) is 42.0 Å². The second kappa shape index (κ2) is 18.2. The van der Waals surface area contributed by atoms with Crippen molar-refractivity contribution in [2.45, 2.75) is 25.7 Å². The van der Waals surface area contributed by atoms with Crippen LogP contribution in [0.15, 0.2) is 48.5 Å². The minimum atomic E-state index is -0.352. The first-order chi connectivity index (χ1) is 21.7. The van der Waals surface area contributed by atoms with E-state index in [1.165, 1.54) is 0 Å². The summed E-state index contributed by atoms with van der Waals surface area (Å²) in [6, 6.07) is 15.4. The van der Waals surface area contributed by atoms with E-state index in [1.54, 1.807) is 12.1 Å². The standard InChI is InChI=1S/C32H36Cl8N4O/c33-6-12-41(13-7-34)25-4-2-22(28(38)18-25)20-43-10-1-11-44(32(43)27-16-24(37)17-30(40)31(27)45)21-23-3-5-26(19-29(23)39)42(14-8-35)15-9-36/h2-5,16-19,32,45H,1,6-15,20-21H2. The highest BCUT2D eigenvalue weighted by atomic mass is 35.5. The first-order valence-corrected chi connectivity index (χ1v) is 18.3. The number of phenolic OH excluding ortho intramolecular Hbond substituents is 1. The molecule has 1 heterocycles. The molecule has 5 nitrogen and oxygen atoms in total. The minimum absolute atomic E-state index is 0.00133. The molecule has 1 aliphatic rings. The lowest BCUT2D eigenvalue weighted by atomic mass is 10.0. The third kappa shape index (κ3) is 9.69. The van der Waals surface area contributed by atoms with Crippen LogP contribution in [0.4, 0.5) is 11.4 Å². The largest absolute Gasteiger partial charge is 0.506 e. The van der Waals surface area contributed by atoms with Crippen LogP contribution in [-0.2, 0) is 13.1 Å². The third-order valence-corrected chi connectivity index (χ3v) is 9.77. The van der Waals surface area contributed by atoms with Gasteiger partial charge in [0.1, 0.15) is 5.75 Å². The van der Waals surface area contributed by atoms with Gasteiger partial charge >= 0.3 is 0 Å². The lowest BCUT2D eigenvalue weighted by Crippen LogP contribution is -2.47. The van der Waals surface area contributed by atoms with Gasteiger partial charge in [0.25, 0.3) is 0 Å². The predicted molar refractivity (Wildman–Crippen MR) is 197 cm³/mol. The number of hydrogen-bond acceptors (Lipinski definition) is 5. The summed E-state index contributed by atoms with van der Waals surface area (Å²) in [7, 11) is 0. The molecule has 0 aromatic heterocycles. The fourth-order valence-electron chi connectivity index (χ4n) is 5.77. The van der Waals surface area contributed by atoms with Gasteiger partial charge in [0.15, 0.2) is 0 Å². The normalized spacial score (nSPS) is 14.7. The molecule has 3 aromatic carbocycles. The third-order valence-electron chi connectivity index (χ3n) is 7.89. The first-order valence-electron chi connectivity index (χ1n) is 14.7. The number of benzene rings is 3. The molecule has 246 valence electrons. The molecule has 0 radical (unpaired) electrons. The van der Waals surface area contributed by atoms with Crippen LogP contribution in [0.5, 0.6) is 5.75 Å². The van der Waals surface area contributed by atoms with Gasteiger partial charge in [-0.05, 0) is 53.9 Å². The zero-order valence-electron chi connectivity index (χ0n) is 24.6. The molecule has 0 atom stereocenters. The highest BCUT2D eigenvalue weighted by molar-refractivity contribution is 6.35. The fourth-order valence-corrected chi connectivity index (χ4v) is 7.56. The van der Waals surface area contributed by atoms with Crippen molar-refractivity contribution in [2.75, 3.05) is 72.6 Å². The van der Waals surface area contributed by atoms with Crippen molar-refractivity contribution >= 4 is 104 Å². The molecule has 1 aliphatic heterocycles. The molecule has 0 bridgehead atoms. The van der Waals surface area contributed by atoms with Crippen molar-refractivity contribution in [3.8, 4) is 5.75 Å². The minimum Gasteiger partial charge on any atom is -0.506 e. The first kappa shape index (κ1) is 37.1. The van der Waals surface area contributed by atoms with Crippen LogP contribution in [-0.4, -0.2) is 77.7 Å². The number of anilines is 2. The van der Waals surface area contributed by atoms with E-state index >= 15 is 0 Å². The molecule has 4 rings (SSSR count). The number of alkyl halides is 4. The van der Waals surface area contributed by atoms with E-state index in [1.807, 2.05) is 36.4 Å². The highest BCUT2D eigenvalue weighted by Gasteiger charge is 2.34. The molecule has 45 heavy (non-hydrogen) atoms. The Labute approximate surface area is 306 Å². The van der Waals surface area contributed by atoms with Crippen molar-refractivity contribution in [2.24, 2.45) is 0 Å². The van der Waals surface area contributed by atoms with Crippen molar-refractivity contribution < 1.29 is 5.11 Å². The molecule has 0 unspecified atom stereocenters. The van der Waals surface area contributed by atoms with Gasteiger partial charge in [-0.1, -0.05) is 58.5 Å². The van der Waals surface area contributed by atoms with Crippen molar-refractivity contribution in [1.29, 1.82) is 0 Å². The average molecular weight is 776 g/mol. The molecular weight excluding hydrogens is 740 g/mol. The van der Waals surface area contributed by atoms with Crippen LogP contribution < -0.4 is 9.80 Å². The van der Waals surface area contributed by atoms with E-state index in [2.05, 4.69) is 19.6 Å². The van der Waals surface area contributed by atoms with Crippen LogP contribution in [0.25, 0.3) is 0 Å². The van der Waals surface area contributed by atoms with Crippen molar-refractivity contribution in [3.05, 3.63) is 85.3 Å². The van der Waals surface area contributed by atoms with Gasteiger partial charge in [-0.2, -0.15) is 0 Å². The molecular formula is C32H36Cl8N4O. The summed E-state index contributed by atoms with van der Waals surface area (Å²) in [6.07, 6.45) is 0.546. The van der Waals surface area contributed by atoms with Crippen LogP contribution in [0.1, 0.15) is 29.3 Å². The Morgan fingerprint density at radius 3 is 1.47 bits per heavy atom. The van der Waals surface area contributed by atoms with Gasteiger partial charge in [-0.3, -0.25) is 9.80 Å².